The molecule has 0 aliphatic carbocycles. The Morgan fingerprint density at radius 3 is 2.21 bits per heavy atom. The monoisotopic (exact) mass is 378 g/mol. The average Bonchev–Trinajstić information content (AvgIpc) is 3.17. The molecule has 2 aliphatic rings. The molecule has 2 heterocycles. The van der Waals surface area contributed by atoms with Gasteiger partial charge in [0.1, 0.15) is 0 Å². The van der Waals surface area contributed by atoms with Crippen LogP contribution < -0.4 is 0 Å². The smallest absolute Gasteiger partial charge is 0.223 e. The van der Waals surface area contributed by atoms with E-state index in [1.165, 1.54) is 11.1 Å². The summed E-state index contributed by atoms with van der Waals surface area (Å²) < 4.78 is 5.55. The third kappa shape index (κ3) is 4.62. The van der Waals surface area contributed by atoms with Crippen LogP contribution >= 0.6 is 0 Å². The van der Waals surface area contributed by atoms with Crippen molar-refractivity contribution in [1.82, 2.24) is 9.80 Å². The van der Waals surface area contributed by atoms with Crippen LogP contribution in [0.1, 0.15) is 36.3 Å². The Morgan fingerprint density at radius 2 is 1.61 bits per heavy atom. The number of nitrogens with zero attached hydrogens (tertiary/aromatic N) is 2. The van der Waals surface area contributed by atoms with Crippen molar-refractivity contribution in [3.05, 3.63) is 71.8 Å². The van der Waals surface area contributed by atoms with Gasteiger partial charge >= 0.3 is 0 Å². The highest BCUT2D eigenvalue weighted by Gasteiger charge is 2.28. The summed E-state index contributed by atoms with van der Waals surface area (Å²) in [5.41, 5.74) is 2.42. The topological polar surface area (TPSA) is 32.8 Å². The van der Waals surface area contributed by atoms with Gasteiger partial charge in [0, 0.05) is 51.2 Å². The molecule has 1 unspecified atom stereocenters. The van der Waals surface area contributed by atoms with Crippen LogP contribution in [-0.4, -0.2) is 61.1 Å². The summed E-state index contributed by atoms with van der Waals surface area (Å²) in [5.74, 6) is 0.375. The number of hydrogen-bond donors (Lipinski definition) is 0. The van der Waals surface area contributed by atoms with E-state index in [4.69, 9.17) is 4.74 Å². The number of benzene rings is 2. The Kier molecular flexibility index (Phi) is 6.40. The van der Waals surface area contributed by atoms with Gasteiger partial charge in [0.25, 0.3) is 0 Å². The van der Waals surface area contributed by atoms with Crippen molar-refractivity contribution < 1.29 is 9.53 Å². The molecule has 4 nitrogen and oxygen atoms in total. The van der Waals surface area contributed by atoms with Gasteiger partial charge in [-0.3, -0.25) is 9.69 Å². The average molecular weight is 379 g/mol. The van der Waals surface area contributed by atoms with E-state index in [-0.39, 0.29) is 11.8 Å². The zero-order valence-electron chi connectivity index (χ0n) is 16.5. The molecule has 0 spiro atoms. The second-order valence-corrected chi connectivity index (χ2v) is 7.87. The lowest BCUT2D eigenvalue weighted by Crippen LogP contribution is -2.40. The Hall–Kier alpha value is -2.17. The fourth-order valence-electron chi connectivity index (χ4n) is 4.46. The Bertz CT molecular complexity index is 704. The Balaban J connectivity index is 1.44. The van der Waals surface area contributed by atoms with E-state index in [9.17, 15) is 4.79 Å². The van der Waals surface area contributed by atoms with E-state index in [1.54, 1.807) is 0 Å². The van der Waals surface area contributed by atoms with E-state index in [2.05, 4.69) is 58.3 Å². The SMILES string of the molecule is O=C(CC(c1ccccc1)c1ccccc1)N1CCCN(C2CCOC2)CC1. The summed E-state index contributed by atoms with van der Waals surface area (Å²) in [4.78, 5) is 17.8. The largest absolute Gasteiger partial charge is 0.380 e. The van der Waals surface area contributed by atoms with Gasteiger partial charge in [-0.25, -0.2) is 0 Å². The molecule has 0 saturated carbocycles. The standard InChI is InChI=1S/C24H30N2O2/c27-24(26-14-7-13-25(15-16-26)22-12-17-28-19-22)18-23(20-8-3-1-4-9-20)21-10-5-2-6-11-21/h1-6,8-11,22-23H,7,12-19H2. The molecule has 0 bridgehead atoms. The zero-order valence-corrected chi connectivity index (χ0v) is 16.5. The maximum absolute atomic E-state index is 13.2. The van der Waals surface area contributed by atoms with Gasteiger partial charge in [-0.2, -0.15) is 0 Å². The summed E-state index contributed by atoms with van der Waals surface area (Å²) in [6, 6.07) is 21.4. The van der Waals surface area contributed by atoms with E-state index < -0.39 is 0 Å². The molecule has 2 aromatic carbocycles. The molecule has 1 atom stereocenters. The highest BCUT2D eigenvalue weighted by molar-refractivity contribution is 5.78. The zero-order chi connectivity index (χ0) is 19.2. The molecule has 0 radical (unpaired) electrons. The molecule has 2 fully saturated rings. The van der Waals surface area contributed by atoms with Crippen LogP contribution in [0.4, 0.5) is 0 Å². The number of amides is 1. The molecule has 1 amide bonds. The summed E-state index contributed by atoms with van der Waals surface area (Å²) in [7, 11) is 0. The fourth-order valence-corrected chi connectivity index (χ4v) is 4.46. The minimum Gasteiger partial charge on any atom is -0.380 e. The first-order chi connectivity index (χ1) is 13.8. The molecule has 2 aliphatic heterocycles. The third-order valence-corrected chi connectivity index (χ3v) is 6.09. The fraction of sp³-hybridized carbons (Fsp3) is 0.458. The van der Waals surface area contributed by atoms with Crippen LogP contribution in [0.5, 0.6) is 0 Å². The van der Waals surface area contributed by atoms with E-state index in [0.29, 0.717) is 12.5 Å². The van der Waals surface area contributed by atoms with Gasteiger partial charge in [-0.1, -0.05) is 60.7 Å². The molecule has 28 heavy (non-hydrogen) atoms. The molecule has 0 N–H and O–H groups in total. The second-order valence-electron chi connectivity index (χ2n) is 7.87. The summed E-state index contributed by atoms with van der Waals surface area (Å²) in [5, 5.41) is 0. The minimum absolute atomic E-state index is 0.109. The van der Waals surface area contributed by atoms with E-state index in [1.807, 2.05) is 12.1 Å². The van der Waals surface area contributed by atoms with Gasteiger partial charge in [-0.05, 0) is 24.0 Å². The van der Waals surface area contributed by atoms with E-state index >= 15 is 0 Å². The van der Waals surface area contributed by atoms with Crippen LogP contribution in [0.25, 0.3) is 0 Å². The summed E-state index contributed by atoms with van der Waals surface area (Å²) in [6.07, 6.45) is 2.70. The van der Waals surface area contributed by atoms with Crippen molar-refractivity contribution in [3.63, 3.8) is 0 Å². The van der Waals surface area contributed by atoms with Crippen molar-refractivity contribution >= 4 is 5.91 Å². The van der Waals surface area contributed by atoms with Gasteiger partial charge in [0.05, 0.1) is 6.61 Å². The lowest BCUT2D eigenvalue weighted by molar-refractivity contribution is -0.131. The third-order valence-electron chi connectivity index (χ3n) is 6.09. The number of hydrogen-bond acceptors (Lipinski definition) is 3. The lowest BCUT2D eigenvalue weighted by atomic mass is 9.88. The van der Waals surface area contributed by atoms with Gasteiger partial charge in [0.15, 0.2) is 0 Å². The van der Waals surface area contributed by atoms with Crippen LogP contribution in [0.3, 0.4) is 0 Å². The molecule has 2 aromatic rings. The Morgan fingerprint density at radius 1 is 0.929 bits per heavy atom. The predicted octanol–water partition coefficient (Wildman–Crippen LogP) is 3.53. The number of rotatable bonds is 5. The lowest BCUT2D eigenvalue weighted by Gasteiger charge is -2.27. The van der Waals surface area contributed by atoms with Crippen LogP contribution in [-0.2, 0) is 9.53 Å². The molecule has 4 rings (SSSR count). The highest BCUT2D eigenvalue weighted by Crippen LogP contribution is 2.29. The van der Waals surface area contributed by atoms with Gasteiger partial charge in [0.2, 0.25) is 5.91 Å². The van der Waals surface area contributed by atoms with E-state index in [0.717, 1.165) is 52.2 Å². The van der Waals surface area contributed by atoms with Gasteiger partial charge < -0.3 is 9.64 Å². The maximum atomic E-state index is 13.2. The molecule has 4 heteroatoms. The number of ether oxygens (including phenoxy) is 1. The molecule has 0 aromatic heterocycles. The minimum atomic E-state index is 0.109. The quantitative estimate of drug-likeness (QED) is 0.798. The van der Waals surface area contributed by atoms with Crippen LogP contribution in [0.15, 0.2) is 60.7 Å². The highest BCUT2D eigenvalue weighted by atomic mass is 16.5. The molecular weight excluding hydrogens is 348 g/mol. The van der Waals surface area contributed by atoms with Crippen molar-refractivity contribution in [2.24, 2.45) is 0 Å². The van der Waals surface area contributed by atoms with Crippen LogP contribution in [0.2, 0.25) is 0 Å². The first-order valence-corrected chi connectivity index (χ1v) is 10.5. The molecule has 148 valence electrons. The van der Waals surface area contributed by atoms with Crippen LogP contribution in [0, 0.1) is 0 Å². The van der Waals surface area contributed by atoms with Crippen molar-refractivity contribution in [1.29, 1.82) is 0 Å². The first kappa shape index (κ1) is 19.2. The molecular formula is C24H30N2O2. The summed E-state index contributed by atoms with van der Waals surface area (Å²) >= 11 is 0. The predicted molar refractivity (Wildman–Crippen MR) is 111 cm³/mol. The summed E-state index contributed by atoms with van der Waals surface area (Å²) in [6.45, 7) is 5.43. The normalized spacial score (nSPS) is 21.0. The van der Waals surface area contributed by atoms with Gasteiger partial charge in [-0.15, -0.1) is 0 Å². The number of carbonyl (C=O) groups is 1. The van der Waals surface area contributed by atoms with Crippen molar-refractivity contribution in [2.45, 2.75) is 31.2 Å². The van der Waals surface area contributed by atoms with Crippen molar-refractivity contribution in [2.75, 3.05) is 39.4 Å². The second kappa shape index (κ2) is 9.35. The Labute approximate surface area is 168 Å². The maximum Gasteiger partial charge on any atom is 0.223 e. The van der Waals surface area contributed by atoms with Crippen molar-refractivity contribution in [3.8, 4) is 0 Å². The number of carbonyl (C=O) groups excluding carboxylic acids is 1. The first-order valence-electron chi connectivity index (χ1n) is 10.5. The molecule has 2 saturated heterocycles.